The standard InChI is InChI=1S/3C17H21ClN2O2.C16H19FN2O2.C16H19FN2O.C14H17FN2O/c1-2-16-15(10-20-7-5-12(21)6-8-20)13-4-3-11(18)9-14(13)17(22)19-16;2*1-2-16-15(9-20-7-3-4-12(20)10-21)13-6-5-11(18)8-14(13)17(22)19-16;1-2-15-14(9-19-6-5-11(20)8-19)12-4-3-10(17)7-13(12)16(21)18-15;1-2-15-14(10-19-7-3-4-8-19)12-6-5-11(17)9-13(12)16(20)18-15;1-4-13-12(8-17(2)3)10-6-5-9(15)7-11(10)14(18)16-13/h3-4,9,12,21H,2,5-8,10H2,1H3,(H,19,22);2*5-6,8,12,21H,2-4,7,9-10H2,1H3,(H,19,22);3-4,7,11,20H,2,5-6,8-9H2,1H3,(H,18,21);5-6,9H,2-4,7-8,10H2,1H3,(H,18,20);5-7H,4,8H2,1-3H3,(H,16,18)/t;2*12-;11-;;/m.100../s1. The van der Waals surface area contributed by atoms with Crippen LogP contribution in [0.15, 0.2) is 138 Å². The highest BCUT2D eigenvalue weighted by Gasteiger charge is 2.30. The largest absolute Gasteiger partial charge is 0.395 e. The molecule has 12 aromatic rings. The number of aliphatic hydroxyl groups is 4. The monoisotopic (exact) mass is 1770 g/mol. The Kier molecular flexibility index (Phi) is 33.5. The van der Waals surface area contributed by atoms with Crippen molar-refractivity contribution in [2.24, 2.45) is 0 Å². The molecule has 17 rings (SSSR count). The van der Waals surface area contributed by atoms with Crippen LogP contribution in [-0.2, 0) is 77.8 Å². The van der Waals surface area contributed by atoms with Gasteiger partial charge < -0.3 is 55.2 Å². The molecule has 28 heteroatoms. The molecule has 6 aromatic heterocycles. The summed E-state index contributed by atoms with van der Waals surface area (Å²) in [5.41, 5.74) is 11.5. The van der Waals surface area contributed by atoms with Crippen molar-refractivity contribution in [1.82, 2.24) is 59.3 Å². The number of piperidine rings is 1. The number of hydrogen-bond donors (Lipinski definition) is 10. The molecule has 0 aliphatic carbocycles. The lowest BCUT2D eigenvalue weighted by atomic mass is 10.0. The number of benzene rings is 6. The minimum absolute atomic E-state index is 0.0767. The van der Waals surface area contributed by atoms with Crippen molar-refractivity contribution in [1.29, 1.82) is 0 Å². The zero-order valence-electron chi connectivity index (χ0n) is 72.8. The summed E-state index contributed by atoms with van der Waals surface area (Å²) in [6.45, 7) is 24.5. The maximum absolute atomic E-state index is 13.4. The number of nitrogens with zero attached hydrogens (tertiary/aromatic N) is 6. The average Bonchev–Trinajstić information content (AvgIpc) is 1.73. The summed E-state index contributed by atoms with van der Waals surface area (Å²) in [5.74, 6) is -1.15. The molecular formula is C97H118Cl3F3N12O10. The predicted molar refractivity (Wildman–Crippen MR) is 498 cm³/mol. The van der Waals surface area contributed by atoms with Crippen molar-refractivity contribution in [3.8, 4) is 0 Å². The van der Waals surface area contributed by atoms with Crippen LogP contribution < -0.4 is 33.4 Å². The highest BCUT2D eigenvalue weighted by Crippen LogP contribution is 2.33. The van der Waals surface area contributed by atoms with Crippen LogP contribution in [0.4, 0.5) is 13.2 Å². The molecule has 5 fully saturated rings. The first-order valence-corrected chi connectivity index (χ1v) is 45.2. The van der Waals surface area contributed by atoms with Crippen molar-refractivity contribution >= 4 is 99.4 Å². The van der Waals surface area contributed by atoms with Gasteiger partial charge in [-0.05, 0) is 275 Å². The Labute approximate surface area is 740 Å². The number of β-amino-alcohol motifs (C(OH)–C–C–N with tert-alkyl or cyclic N) is 1. The van der Waals surface area contributed by atoms with E-state index in [2.05, 4.69) is 61.3 Å². The molecule has 125 heavy (non-hydrogen) atoms. The minimum atomic E-state index is -0.403. The van der Waals surface area contributed by atoms with Crippen LogP contribution in [0, 0.1) is 17.5 Å². The number of aryl methyl sites for hydroxylation is 6. The number of aliphatic hydroxyl groups excluding tert-OH is 4. The van der Waals surface area contributed by atoms with E-state index in [9.17, 15) is 62.4 Å². The van der Waals surface area contributed by atoms with Gasteiger partial charge in [-0.2, -0.15) is 0 Å². The van der Waals surface area contributed by atoms with Crippen LogP contribution in [-0.4, -0.2) is 184 Å². The smallest absolute Gasteiger partial charge is 0.256 e. The molecular weight excluding hydrogens is 1660 g/mol. The molecule has 0 bridgehead atoms. The fraction of sp³-hybridized carbons (Fsp3) is 0.443. The Balaban J connectivity index is 0.000000137. The third-order valence-corrected chi connectivity index (χ3v) is 25.7. The normalized spacial score (nSPS) is 17.3. The zero-order chi connectivity index (χ0) is 89.4. The van der Waals surface area contributed by atoms with Crippen molar-refractivity contribution in [2.45, 2.75) is 201 Å². The van der Waals surface area contributed by atoms with E-state index in [0.29, 0.717) is 66.9 Å². The maximum Gasteiger partial charge on any atom is 0.256 e. The summed E-state index contributed by atoms with van der Waals surface area (Å²) < 4.78 is 40.0. The van der Waals surface area contributed by atoms with Gasteiger partial charge in [-0.1, -0.05) is 113 Å². The van der Waals surface area contributed by atoms with Crippen LogP contribution in [0.5, 0.6) is 0 Å². The highest BCUT2D eigenvalue weighted by atomic mass is 35.5. The minimum Gasteiger partial charge on any atom is -0.395 e. The second-order valence-electron chi connectivity index (χ2n) is 33.5. The summed E-state index contributed by atoms with van der Waals surface area (Å²) in [4.78, 5) is 104. The first-order valence-electron chi connectivity index (χ1n) is 44.0. The van der Waals surface area contributed by atoms with E-state index in [0.717, 1.165) is 250 Å². The van der Waals surface area contributed by atoms with E-state index >= 15 is 0 Å². The zero-order valence-corrected chi connectivity index (χ0v) is 75.1. The molecule has 3 atom stereocenters. The molecule has 6 aromatic carbocycles. The van der Waals surface area contributed by atoms with E-state index < -0.39 is 5.82 Å². The lowest BCUT2D eigenvalue weighted by Gasteiger charge is -2.30. The lowest BCUT2D eigenvalue weighted by Crippen LogP contribution is -2.35. The number of aromatic amines is 6. The molecule has 0 radical (unpaired) electrons. The topological polar surface area (TPSA) is 298 Å². The summed E-state index contributed by atoms with van der Waals surface area (Å²) in [7, 11) is 3.94. The molecule has 5 aliphatic heterocycles. The molecule has 22 nitrogen and oxygen atoms in total. The fourth-order valence-electron chi connectivity index (χ4n) is 18.3. The number of aromatic nitrogens is 6. The molecule has 10 N–H and O–H groups in total. The molecule has 0 amide bonds. The quantitative estimate of drug-likeness (QED) is 0.0339. The third kappa shape index (κ3) is 23.2. The SMILES string of the molecule is CCc1[nH]c(=O)c2cc(Cl)ccc2c1CN1CCC(O)CC1.CCc1[nH]c(=O)c2cc(Cl)ccc2c1CN1CCC[C@@H]1CO.CCc1[nH]c(=O)c2cc(Cl)ccc2c1CN1CCC[C@H]1CO.CCc1[nH]c(=O)c2cc(F)ccc2c1CN(C)C.CCc1[nH]c(=O)c2cc(F)ccc2c1CN1CCCC1.CCc1[nH]c(=O)c2cc(F)ccc2c1CN1CC[C@H](O)C1. The second kappa shape index (κ2) is 44.0. The number of likely N-dealkylation sites (tertiary alicyclic amines) is 5. The molecule has 0 unspecified atom stereocenters. The van der Waals surface area contributed by atoms with E-state index in [1.807, 2.05) is 90.0 Å². The van der Waals surface area contributed by atoms with Crippen LogP contribution in [0.3, 0.4) is 0 Å². The number of fused-ring (bicyclic) bond motifs is 6. The molecule has 5 saturated heterocycles. The molecule has 11 heterocycles. The summed E-state index contributed by atoms with van der Waals surface area (Å²) in [6, 6.07) is 30.2. The van der Waals surface area contributed by atoms with Gasteiger partial charge in [0.05, 0.1) is 41.6 Å². The van der Waals surface area contributed by atoms with E-state index in [-0.39, 0.29) is 82.5 Å². The van der Waals surface area contributed by atoms with Gasteiger partial charge in [0.25, 0.3) is 33.4 Å². The van der Waals surface area contributed by atoms with Crippen LogP contribution >= 0.6 is 34.8 Å². The molecule has 668 valence electrons. The predicted octanol–water partition coefficient (Wildman–Crippen LogP) is 15.0. The lowest BCUT2D eigenvalue weighted by molar-refractivity contribution is 0.0793. The second-order valence-corrected chi connectivity index (χ2v) is 34.8. The Hall–Kier alpha value is -9.16. The van der Waals surface area contributed by atoms with Gasteiger partial charge in [0, 0.05) is 143 Å². The third-order valence-electron chi connectivity index (χ3n) is 25.0. The van der Waals surface area contributed by atoms with E-state index in [4.69, 9.17) is 34.8 Å². The Bertz CT molecular complexity index is 6050. The Morgan fingerprint density at radius 3 is 0.912 bits per heavy atom. The number of H-pyrrole nitrogens is 6. The first kappa shape index (κ1) is 95.0. The summed E-state index contributed by atoms with van der Waals surface area (Å²) in [5, 5.41) is 48.7. The van der Waals surface area contributed by atoms with Crippen molar-refractivity contribution in [2.75, 3.05) is 79.7 Å². The van der Waals surface area contributed by atoms with Gasteiger partial charge in [0.1, 0.15) is 17.5 Å². The van der Waals surface area contributed by atoms with Crippen molar-refractivity contribution in [3.63, 3.8) is 0 Å². The number of hydrogen-bond acceptors (Lipinski definition) is 16. The number of pyridine rings is 6. The van der Waals surface area contributed by atoms with Gasteiger partial charge in [-0.25, -0.2) is 13.2 Å². The van der Waals surface area contributed by atoms with Gasteiger partial charge in [0.2, 0.25) is 0 Å². The van der Waals surface area contributed by atoms with Crippen LogP contribution in [0.1, 0.15) is 167 Å². The fourth-order valence-corrected chi connectivity index (χ4v) is 18.9. The maximum atomic E-state index is 13.4. The van der Waals surface area contributed by atoms with Crippen LogP contribution in [0.2, 0.25) is 15.1 Å². The van der Waals surface area contributed by atoms with Gasteiger partial charge in [0.15, 0.2) is 0 Å². The highest BCUT2D eigenvalue weighted by molar-refractivity contribution is 6.32. The van der Waals surface area contributed by atoms with E-state index in [1.165, 1.54) is 54.8 Å². The van der Waals surface area contributed by atoms with Gasteiger partial charge in [-0.15, -0.1) is 0 Å². The Morgan fingerprint density at radius 1 is 0.336 bits per heavy atom. The van der Waals surface area contributed by atoms with Crippen molar-refractivity contribution < 1.29 is 33.6 Å². The molecule has 0 saturated carbocycles. The van der Waals surface area contributed by atoms with E-state index in [1.54, 1.807) is 36.4 Å². The van der Waals surface area contributed by atoms with Gasteiger partial charge >= 0.3 is 0 Å². The molecule has 5 aliphatic rings. The number of halogens is 6. The van der Waals surface area contributed by atoms with Crippen molar-refractivity contribution in [3.05, 3.63) is 271 Å². The first-order chi connectivity index (χ1) is 60.1. The van der Waals surface area contributed by atoms with Gasteiger partial charge in [-0.3, -0.25) is 53.3 Å². The van der Waals surface area contributed by atoms with Crippen LogP contribution in [0.25, 0.3) is 64.6 Å². The average molecular weight is 1780 g/mol. The number of nitrogens with one attached hydrogen (secondary N) is 6. The summed E-state index contributed by atoms with van der Waals surface area (Å²) >= 11 is 18.1. The molecule has 0 spiro atoms. The summed E-state index contributed by atoms with van der Waals surface area (Å²) in [6.07, 6.45) is 13.3. The number of rotatable bonds is 20. The Morgan fingerprint density at radius 2 is 0.608 bits per heavy atom.